The van der Waals surface area contributed by atoms with E-state index in [1.165, 1.54) is 6.33 Å². The topological polar surface area (TPSA) is 77.6 Å². The molecule has 7 nitrogen and oxygen atoms in total. The van der Waals surface area contributed by atoms with Crippen LogP contribution in [0.4, 0.5) is 0 Å². The summed E-state index contributed by atoms with van der Waals surface area (Å²) in [5.74, 6) is -0.142. The molecule has 2 aromatic heterocycles. The van der Waals surface area contributed by atoms with Crippen molar-refractivity contribution < 1.29 is 4.79 Å². The average Bonchev–Trinajstić information content (AvgIpc) is 3.41. The van der Waals surface area contributed by atoms with E-state index in [0.29, 0.717) is 18.7 Å². The average molecular weight is 358 g/mol. The van der Waals surface area contributed by atoms with Crippen LogP contribution in [0.5, 0.6) is 0 Å². The molecule has 0 unspecified atom stereocenters. The molecule has 4 rings (SSSR count). The second kappa shape index (κ2) is 7.65. The first kappa shape index (κ1) is 16.7. The Kier molecular flexibility index (Phi) is 4.74. The molecule has 1 N–H and O–H groups in total. The van der Waals surface area contributed by atoms with Crippen molar-refractivity contribution in [1.82, 2.24) is 29.9 Å². The fourth-order valence-corrected chi connectivity index (χ4v) is 2.92. The van der Waals surface area contributed by atoms with Gasteiger partial charge in [0, 0.05) is 18.9 Å². The molecule has 0 saturated heterocycles. The van der Waals surface area contributed by atoms with Crippen LogP contribution in [0.1, 0.15) is 21.5 Å². The van der Waals surface area contributed by atoms with Crippen molar-refractivity contribution in [3.05, 3.63) is 96.3 Å². The zero-order chi connectivity index (χ0) is 18.5. The molecule has 0 saturated carbocycles. The Balaban J connectivity index is 1.51. The lowest BCUT2D eigenvalue weighted by Crippen LogP contribution is -2.25. The second-order valence-electron chi connectivity index (χ2n) is 6.01. The quantitative estimate of drug-likeness (QED) is 0.574. The van der Waals surface area contributed by atoms with Crippen molar-refractivity contribution in [2.75, 3.05) is 0 Å². The van der Waals surface area contributed by atoms with Gasteiger partial charge in [-0.05, 0) is 29.3 Å². The van der Waals surface area contributed by atoms with Crippen LogP contribution in [0, 0.1) is 0 Å². The van der Waals surface area contributed by atoms with Gasteiger partial charge in [0.05, 0.1) is 17.8 Å². The first-order valence-corrected chi connectivity index (χ1v) is 8.58. The summed E-state index contributed by atoms with van der Waals surface area (Å²) in [7, 11) is 0. The molecule has 0 atom stereocenters. The molecule has 0 bridgehead atoms. The van der Waals surface area contributed by atoms with Crippen LogP contribution < -0.4 is 5.32 Å². The maximum atomic E-state index is 12.8. The number of nitrogens with zero attached hydrogens (tertiary/aromatic N) is 5. The SMILES string of the molecule is O=C(NCc1ccccc1Cn1cncn1)c1ccccc1-n1cccn1. The van der Waals surface area contributed by atoms with Gasteiger partial charge in [-0.25, -0.2) is 14.3 Å². The molecule has 0 fully saturated rings. The van der Waals surface area contributed by atoms with Gasteiger partial charge < -0.3 is 5.32 Å². The van der Waals surface area contributed by atoms with Gasteiger partial charge >= 0.3 is 0 Å². The number of nitrogens with one attached hydrogen (secondary N) is 1. The molecule has 0 aliphatic carbocycles. The highest BCUT2D eigenvalue weighted by Crippen LogP contribution is 2.15. The number of carbonyl (C=O) groups excluding carboxylic acids is 1. The van der Waals surface area contributed by atoms with Gasteiger partial charge in [-0.15, -0.1) is 0 Å². The lowest BCUT2D eigenvalue weighted by molar-refractivity contribution is 0.0950. The Labute approximate surface area is 156 Å². The summed E-state index contributed by atoms with van der Waals surface area (Å²) >= 11 is 0. The number of hydrogen-bond acceptors (Lipinski definition) is 4. The molecule has 134 valence electrons. The number of rotatable bonds is 6. The van der Waals surface area contributed by atoms with Gasteiger partial charge in [0.1, 0.15) is 12.7 Å². The van der Waals surface area contributed by atoms with Gasteiger partial charge in [0.15, 0.2) is 0 Å². The Morgan fingerprint density at radius 2 is 1.78 bits per heavy atom. The molecule has 27 heavy (non-hydrogen) atoms. The van der Waals surface area contributed by atoms with Gasteiger partial charge in [-0.1, -0.05) is 36.4 Å². The van der Waals surface area contributed by atoms with Crippen molar-refractivity contribution in [2.24, 2.45) is 0 Å². The third kappa shape index (κ3) is 3.77. The van der Waals surface area contributed by atoms with Gasteiger partial charge in [0.25, 0.3) is 5.91 Å². The minimum Gasteiger partial charge on any atom is -0.348 e. The summed E-state index contributed by atoms with van der Waals surface area (Å²) in [6, 6.07) is 17.2. The number of benzene rings is 2. The van der Waals surface area contributed by atoms with Crippen LogP contribution in [0.15, 0.2) is 79.6 Å². The first-order chi connectivity index (χ1) is 13.3. The smallest absolute Gasteiger partial charge is 0.253 e. The zero-order valence-corrected chi connectivity index (χ0v) is 14.6. The normalized spacial score (nSPS) is 10.7. The second-order valence-corrected chi connectivity index (χ2v) is 6.01. The summed E-state index contributed by atoms with van der Waals surface area (Å²) < 4.78 is 3.45. The third-order valence-corrected chi connectivity index (χ3v) is 4.26. The van der Waals surface area contributed by atoms with Crippen molar-refractivity contribution in [1.29, 1.82) is 0 Å². The standard InChI is InChI=1S/C20H18N6O/c27-20(18-8-3-4-9-19(18)26-11-5-10-23-26)22-12-16-6-1-2-7-17(16)13-25-15-21-14-24-25/h1-11,14-15H,12-13H2,(H,22,27). The van der Waals surface area contributed by atoms with E-state index in [1.807, 2.05) is 54.7 Å². The molecule has 2 aromatic carbocycles. The summed E-state index contributed by atoms with van der Waals surface area (Å²) in [4.78, 5) is 16.8. The molecule has 1 amide bonds. The highest BCUT2D eigenvalue weighted by atomic mass is 16.1. The van der Waals surface area contributed by atoms with E-state index in [1.54, 1.807) is 28.0 Å². The summed E-state index contributed by atoms with van der Waals surface area (Å²) in [6.45, 7) is 1.03. The molecule has 0 spiro atoms. The summed E-state index contributed by atoms with van der Waals surface area (Å²) in [6.07, 6.45) is 6.70. The van der Waals surface area contributed by atoms with E-state index in [4.69, 9.17) is 0 Å². The van der Waals surface area contributed by atoms with E-state index in [2.05, 4.69) is 20.5 Å². The molecule has 0 aliphatic heterocycles. The van der Waals surface area contributed by atoms with Crippen LogP contribution in [-0.2, 0) is 13.1 Å². The largest absolute Gasteiger partial charge is 0.348 e. The number of amides is 1. The monoisotopic (exact) mass is 358 g/mol. The van der Waals surface area contributed by atoms with Crippen molar-refractivity contribution in [3.8, 4) is 5.69 Å². The van der Waals surface area contributed by atoms with Gasteiger partial charge in [-0.3, -0.25) is 4.79 Å². The van der Waals surface area contributed by atoms with E-state index >= 15 is 0 Å². The Hall–Kier alpha value is -3.74. The van der Waals surface area contributed by atoms with Crippen molar-refractivity contribution >= 4 is 5.91 Å². The van der Waals surface area contributed by atoms with Crippen LogP contribution in [0.3, 0.4) is 0 Å². The maximum absolute atomic E-state index is 12.8. The lowest BCUT2D eigenvalue weighted by atomic mass is 10.1. The van der Waals surface area contributed by atoms with E-state index in [0.717, 1.165) is 16.8 Å². The maximum Gasteiger partial charge on any atom is 0.253 e. The summed E-state index contributed by atoms with van der Waals surface area (Å²) in [5.41, 5.74) is 3.45. The fourth-order valence-electron chi connectivity index (χ4n) is 2.92. The lowest BCUT2D eigenvalue weighted by Gasteiger charge is -2.13. The Morgan fingerprint density at radius 3 is 2.56 bits per heavy atom. The molecule has 2 heterocycles. The summed E-state index contributed by atoms with van der Waals surface area (Å²) in [5, 5.41) is 11.4. The predicted octanol–water partition coefficient (Wildman–Crippen LogP) is 2.44. The van der Waals surface area contributed by atoms with Crippen LogP contribution in [0.25, 0.3) is 5.69 Å². The molecule has 4 aromatic rings. The van der Waals surface area contributed by atoms with Crippen LogP contribution >= 0.6 is 0 Å². The number of carbonyl (C=O) groups is 1. The van der Waals surface area contributed by atoms with E-state index < -0.39 is 0 Å². The highest BCUT2D eigenvalue weighted by Gasteiger charge is 2.13. The van der Waals surface area contributed by atoms with E-state index in [-0.39, 0.29) is 5.91 Å². The van der Waals surface area contributed by atoms with Gasteiger partial charge in [-0.2, -0.15) is 10.2 Å². The van der Waals surface area contributed by atoms with Crippen LogP contribution in [-0.4, -0.2) is 30.5 Å². The molecule has 7 heteroatoms. The van der Waals surface area contributed by atoms with Crippen molar-refractivity contribution in [3.63, 3.8) is 0 Å². The predicted molar refractivity (Wildman–Crippen MR) is 100 cm³/mol. The third-order valence-electron chi connectivity index (χ3n) is 4.26. The first-order valence-electron chi connectivity index (χ1n) is 8.58. The van der Waals surface area contributed by atoms with E-state index in [9.17, 15) is 4.79 Å². The van der Waals surface area contributed by atoms with Crippen molar-refractivity contribution in [2.45, 2.75) is 13.1 Å². The molecular weight excluding hydrogens is 340 g/mol. The van der Waals surface area contributed by atoms with Gasteiger partial charge in [0.2, 0.25) is 0 Å². The number of aromatic nitrogens is 5. The minimum absolute atomic E-state index is 0.142. The number of para-hydroxylation sites is 1. The van der Waals surface area contributed by atoms with Crippen LogP contribution in [0.2, 0.25) is 0 Å². The highest BCUT2D eigenvalue weighted by molar-refractivity contribution is 5.97. The zero-order valence-electron chi connectivity index (χ0n) is 14.6. The molecular formula is C20H18N6O. The number of hydrogen-bond donors (Lipinski definition) is 1. The molecule has 0 aliphatic rings. The fraction of sp³-hybridized carbons (Fsp3) is 0.100. The Bertz CT molecular complexity index is 1020. The minimum atomic E-state index is -0.142. The molecule has 0 radical (unpaired) electrons. The Morgan fingerprint density at radius 1 is 0.963 bits per heavy atom.